The van der Waals surface area contributed by atoms with Crippen molar-refractivity contribution in [3.05, 3.63) is 23.8 Å². The van der Waals surface area contributed by atoms with Gasteiger partial charge in [-0.1, -0.05) is 64.7 Å². The summed E-state index contributed by atoms with van der Waals surface area (Å²) < 4.78 is 5.61. The van der Waals surface area contributed by atoms with E-state index in [2.05, 4.69) is 6.92 Å². The summed E-state index contributed by atoms with van der Waals surface area (Å²) in [5.74, 6) is 0.650. The molecule has 1 rings (SSSR count). The molecule has 22 heavy (non-hydrogen) atoms. The van der Waals surface area contributed by atoms with Crippen LogP contribution in [-0.2, 0) is 0 Å². The first-order chi connectivity index (χ1) is 10.8. The minimum Gasteiger partial charge on any atom is -0.507 e. The van der Waals surface area contributed by atoms with E-state index in [1.54, 1.807) is 12.1 Å². The Morgan fingerprint density at radius 1 is 0.955 bits per heavy atom. The SMILES string of the molecule is CCCCCCCCCCCCOc1ccc(O)c(C=O)c1. The lowest BCUT2D eigenvalue weighted by Gasteiger charge is -2.07. The van der Waals surface area contributed by atoms with Gasteiger partial charge in [0.25, 0.3) is 0 Å². The van der Waals surface area contributed by atoms with Crippen molar-refractivity contribution in [2.24, 2.45) is 0 Å². The zero-order valence-electron chi connectivity index (χ0n) is 13.9. The third-order valence-electron chi connectivity index (χ3n) is 3.89. The molecule has 0 radical (unpaired) electrons. The lowest BCUT2D eigenvalue weighted by molar-refractivity contribution is 0.112. The van der Waals surface area contributed by atoms with Crippen LogP contribution in [0.25, 0.3) is 0 Å². The summed E-state index contributed by atoms with van der Waals surface area (Å²) in [7, 11) is 0. The van der Waals surface area contributed by atoms with Crippen molar-refractivity contribution in [2.45, 2.75) is 71.1 Å². The Labute approximate surface area is 134 Å². The van der Waals surface area contributed by atoms with Crippen LogP contribution >= 0.6 is 0 Å². The van der Waals surface area contributed by atoms with Crippen LogP contribution in [0.15, 0.2) is 18.2 Å². The topological polar surface area (TPSA) is 46.5 Å². The van der Waals surface area contributed by atoms with Crippen LogP contribution in [0, 0.1) is 0 Å². The number of aldehydes is 1. The third kappa shape index (κ3) is 8.06. The van der Waals surface area contributed by atoms with Crippen molar-refractivity contribution < 1.29 is 14.6 Å². The van der Waals surface area contributed by atoms with E-state index < -0.39 is 0 Å². The molecule has 1 aromatic carbocycles. The number of phenolic OH excluding ortho intramolecular Hbond substituents is 1. The number of aromatic hydroxyl groups is 1. The van der Waals surface area contributed by atoms with Crippen molar-refractivity contribution in [1.82, 2.24) is 0 Å². The maximum atomic E-state index is 10.7. The van der Waals surface area contributed by atoms with Crippen LogP contribution in [0.4, 0.5) is 0 Å². The van der Waals surface area contributed by atoms with Crippen LogP contribution in [0.5, 0.6) is 11.5 Å². The van der Waals surface area contributed by atoms with Gasteiger partial charge in [0.1, 0.15) is 11.5 Å². The molecule has 0 atom stereocenters. The monoisotopic (exact) mass is 306 g/mol. The highest BCUT2D eigenvalue weighted by atomic mass is 16.5. The number of benzene rings is 1. The molecule has 3 nitrogen and oxygen atoms in total. The molecular weight excluding hydrogens is 276 g/mol. The standard InChI is InChI=1S/C19H30O3/c1-2-3-4-5-6-7-8-9-10-11-14-22-18-12-13-19(21)17(15-18)16-20/h12-13,15-16,21H,2-11,14H2,1H3. The fourth-order valence-corrected chi connectivity index (χ4v) is 2.50. The Morgan fingerprint density at radius 3 is 2.14 bits per heavy atom. The zero-order valence-corrected chi connectivity index (χ0v) is 13.9. The highest BCUT2D eigenvalue weighted by Crippen LogP contribution is 2.21. The van der Waals surface area contributed by atoms with Crippen molar-refractivity contribution in [2.75, 3.05) is 6.61 Å². The van der Waals surface area contributed by atoms with Gasteiger partial charge >= 0.3 is 0 Å². The van der Waals surface area contributed by atoms with Gasteiger partial charge < -0.3 is 9.84 Å². The van der Waals surface area contributed by atoms with Gasteiger partial charge in [0.05, 0.1) is 12.2 Å². The summed E-state index contributed by atoms with van der Waals surface area (Å²) in [5, 5.41) is 9.41. The summed E-state index contributed by atoms with van der Waals surface area (Å²) in [4.78, 5) is 10.7. The Bertz CT molecular complexity index is 415. The number of hydrogen-bond acceptors (Lipinski definition) is 3. The number of carbonyl (C=O) groups excluding carboxylic acids is 1. The van der Waals surface area contributed by atoms with Gasteiger partial charge in [-0.15, -0.1) is 0 Å². The smallest absolute Gasteiger partial charge is 0.153 e. The molecular formula is C19H30O3. The third-order valence-corrected chi connectivity index (χ3v) is 3.89. The first-order valence-corrected chi connectivity index (χ1v) is 8.69. The molecule has 1 N–H and O–H groups in total. The van der Waals surface area contributed by atoms with E-state index in [0.29, 0.717) is 18.6 Å². The van der Waals surface area contributed by atoms with E-state index >= 15 is 0 Å². The fourth-order valence-electron chi connectivity index (χ4n) is 2.50. The Kier molecular flexibility index (Phi) is 10.2. The Balaban J connectivity index is 1.98. The zero-order chi connectivity index (χ0) is 16.0. The molecule has 0 aliphatic heterocycles. The molecule has 3 heteroatoms. The van der Waals surface area contributed by atoms with Crippen LogP contribution < -0.4 is 4.74 Å². The first-order valence-electron chi connectivity index (χ1n) is 8.69. The molecule has 0 heterocycles. The highest BCUT2D eigenvalue weighted by Gasteiger charge is 2.02. The van der Waals surface area contributed by atoms with E-state index in [-0.39, 0.29) is 11.3 Å². The number of ether oxygens (including phenoxy) is 1. The van der Waals surface area contributed by atoms with Gasteiger partial charge in [-0.25, -0.2) is 0 Å². The molecule has 124 valence electrons. The van der Waals surface area contributed by atoms with E-state index in [1.807, 2.05) is 0 Å². The predicted molar refractivity (Wildman–Crippen MR) is 90.8 cm³/mol. The Hall–Kier alpha value is -1.51. The predicted octanol–water partition coefficient (Wildman–Crippen LogP) is 5.50. The minimum atomic E-state index is 0.00119. The number of rotatable bonds is 13. The summed E-state index contributed by atoms with van der Waals surface area (Å²) in [6.45, 7) is 2.92. The van der Waals surface area contributed by atoms with Crippen LogP contribution in [0.1, 0.15) is 81.5 Å². The van der Waals surface area contributed by atoms with Crippen molar-refractivity contribution in [1.29, 1.82) is 0 Å². The van der Waals surface area contributed by atoms with Gasteiger partial charge in [-0.2, -0.15) is 0 Å². The van der Waals surface area contributed by atoms with Crippen LogP contribution in [0.2, 0.25) is 0 Å². The van der Waals surface area contributed by atoms with Crippen molar-refractivity contribution in [3.8, 4) is 11.5 Å². The molecule has 0 aromatic heterocycles. The molecule has 0 spiro atoms. The van der Waals surface area contributed by atoms with E-state index in [1.165, 1.54) is 63.9 Å². The average molecular weight is 306 g/mol. The Morgan fingerprint density at radius 2 is 1.55 bits per heavy atom. The largest absolute Gasteiger partial charge is 0.507 e. The second-order valence-electron chi connectivity index (χ2n) is 5.87. The molecule has 0 saturated heterocycles. The second-order valence-corrected chi connectivity index (χ2v) is 5.87. The highest BCUT2D eigenvalue weighted by molar-refractivity contribution is 5.79. The van der Waals surface area contributed by atoms with Crippen molar-refractivity contribution >= 4 is 6.29 Å². The normalized spacial score (nSPS) is 10.6. The summed E-state index contributed by atoms with van der Waals surface area (Å²) in [6.07, 6.45) is 13.6. The molecule has 0 amide bonds. The molecule has 0 saturated carbocycles. The molecule has 0 aliphatic rings. The van der Waals surface area contributed by atoms with Gasteiger partial charge in [0.2, 0.25) is 0 Å². The van der Waals surface area contributed by atoms with E-state index in [0.717, 1.165) is 6.42 Å². The molecule has 1 aromatic rings. The van der Waals surface area contributed by atoms with Crippen LogP contribution in [-0.4, -0.2) is 18.0 Å². The molecule has 0 fully saturated rings. The lowest BCUT2D eigenvalue weighted by Crippen LogP contribution is -1.98. The first kappa shape index (κ1) is 18.5. The van der Waals surface area contributed by atoms with Gasteiger partial charge in [0.15, 0.2) is 6.29 Å². The summed E-state index contributed by atoms with van der Waals surface area (Å²) >= 11 is 0. The van der Waals surface area contributed by atoms with E-state index in [9.17, 15) is 9.90 Å². The number of carbonyl (C=O) groups is 1. The maximum absolute atomic E-state index is 10.7. The molecule has 0 bridgehead atoms. The van der Waals surface area contributed by atoms with E-state index in [4.69, 9.17) is 4.74 Å². The van der Waals surface area contributed by atoms with Gasteiger partial charge in [-0.3, -0.25) is 4.79 Å². The van der Waals surface area contributed by atoms with Crippen LogP contribution in [0.3, 0.4) is 0 Å². The van der Waals surface area contributed by atoms with Crippen molar-refractivity contribution in [3.63, 3.8) is 0 Å². The van der Waals surface area contributed by atoms with Gasteiger partial charge in [0, 0.05) is 0 Å². The molecule has 0 aliphatic carbocycles. The van der Waals surface area contributed by atoms with Gasteiger partial charge in [-0.05, 0) is 24.6 Å². The fraction of sp³-hybridized carbons (Fsp3) is 0.632. The lowest BCUT2D eigenvalue weighted by atomic mass is 10.1. The number of phenols is 1. The quantitative estimate of drug-likeness (QED) is 0.386. The average Bonchev–Trinajstić information content (AvgIpc) is 2.54. The minimum absolute atomic E-state index is 0.00119. The number of hydrogen-bond donors (Lipinski definition) is 1. The molecule has 0 unspecified atom stereocenters. The number of unbranched alkanes of at least 4 members (excludes halogenated alkanes) is 9. The second kappa shape index (κ2) is 12.1. The maximum Gasteiger partial charge on any atom is 0.153 e. The summed E-state index contributed by atoms with van der Waals surface area (Å²) in [5.41, 5.74) is 0.278. The summed E-state index contributed by atoms with van der Waals surface area (Å²) in [6, 6.07) is 4.77.